The van der Waals surface area contributed by atoms with Crippen LogP contribution in [0.1, 0.15) is 32.1 Å². The Morgan fingerprint density at radius 3 is 2.53 bits per heavy atom. The quantitative estimate of drug-likeness (QED) is 0.777. The van der Waals surface area contributed by atoms with E-state index in [9.17, 15) is 14.7 Å². The standard InChI is InChI=1S/C13H20N2O4/c16-12(17)10-7-9-1-2-11(10)15(9)13(18)14-8-3-5-19-6-4-8/h8-11H,1-7H2,(H,14,18)(H,16,17). The number of fused-ring (bicyclic) bond motifs is 2. The third-order valence-electron chi connectivity index (χ3n) is 4.64. The second-order valence-electron chi connectivity index (χ2n) is 5.72. The van der Waals surface area contributed by atoms with Crippen molar-refractivity contribution in [3.05, 3.63) is 0 Å². The van der Waals surface area contributed by atoms with E-state index in [-0.39, 0.29) is 30.1 Å². The summed E-state index contributed by atoms with van der Waals surface area (Å²) in [6, 6.07) is 0.0981. The highest BCUT2D eigenvalue weighted by Gasteiger charge is 2.51. The van der Waals surface area contributed by atoms with Gasteiger partial charge in [-0.3, -0.25) is 4.79 Å². The van der Waals surface area contributed by atoms with Gasteiger partial charge in [0.05, 0.1) is 5.92 Å². The van der Waals surface area contributed by atoms with Crippen LogP contribution in [0.5, 0.6) is 0 Å². The van der Waals surface area contributed by atoms with E-state index >= 15 is 0 Å². The molecule has 0 aromatic rings. The van der Waals surface area contributed by atoms with Gasteiger partial charge in [0.2, 0.25) is 0 Å². The maximum Gasteiger partial charge on any atom is 0.318 e. The number of ether oxygens (including phenoxy) is 1. The van der Waals surface area contributed by atoms with Crippen LogP contribution in [0.2, 0.25) is 0 Å². The molecule has 3 saturated heterocycles. The summed E-state index contributed by atoms with van der Waals surface area (Å²) < 4.78 is 5.27. The number of carbonyl (C=O) groups excluding carboxylic acids is 1. The molecule has 0 aliphatic carbocycles. The van der Waals surface area contributed by atoms with Crippen molar-refractivity contribution >= 4 is 12.0 Å². The first-order chi connectivity index (χ1) is 9.16. The van der Waals surface area contributed by atoms with Crippen LogP contribution in [0, 0.1) is 5.92 Å². The molecule has 106 valence electrons. The fourth-order valence-corrected chi connectivity index (χ4v) is 3.66. The van der Waals surface area contributed by atoms with Gasteiger partial charge in [-0.25, -0.2) is 4.79 Å². The molecule has 19 heavy (non-hydrogen) atoms. The minimum atomic E-state index is -0.768. The third-order valence-corrected chi connectivity index (χ3v) is 4.64. The number of urea groups is 1. The van der Waals surface area contributed by atoms with Gasteiger partial charge < -0.3 is 20.1 Å². The molecule has 3 rings (SSSR count). The van der Waals surface area contributed by atoms with Gasteiger partial charge in [-0.2, -0.15) is 0 Å². The molecular weight excluding hydrogens is 248 g/mol. The van der Waals surface area contributed by atoms with Crippen molar-refractivity contribution in [1.29, 1.82) is 0 Å². The average Bonchev–Trinajstić information content (AvgIpc) is 2.97. The van der Waals surface area contributed by atoms with Crippen molar-refractivity contribution in [2.24, 2.45) is 5.92 Å². The summed E-state index contributed by atoms with van der Waals surface area (Å²) in [6.07, 6.45) is 4.06. The lowest BCUT2D eigenvalue weighted by atomic mass is 9.89. The Balaban J connectivity index is 1.62. The van der Waals surface area contributed by atoms with E-state index in [0.717, 1.165) is 25.7 Å². The predicted molar refractivity (Wildman–Crippen MR) is 66.8 cm³/mol. The Hall–Kier alpha value is -1.30. The number of carboxylic acids is 1. The Kier molecular flexibility index (Phi) is 3.35. The minimum Gasteiger partial charge on any atom is -0.481 e. The monoisotopic (exact) mass is 268 g/mol. The van der Waals surface area contributed by atoms with Crippen molar-refractivity contribution in [3.63, 3.8) is 0 Å². The van der Waals surface area contributed by atoms with Crippen LogP contribution < -0.4 is 5.32 Å². The Bertz CT molecular complexity index is 381. The smallest absolute Gasteiger partial charge is 0.318 e. The zero-order chi connectivity index (χ0) is 13.4. The highest BCUT2D eigenvalue weighted by molar-refractivity contribution is 5.79. The number of carbonyl (C=O) groups is 2. The number of nitrogens with one attached hydrogen (secondary N) is 1. The first kappa shape index (κ1) is 12.7. The number of rotatable bonds is 2. The van der Waals surface area contributed by atoms with Crippen molar-refractivity contribution in [2.45, 2.75) is 50.2 Å². The molecule has 3 heterocycles. The van der Waals surface area contributed by atoms with Crippen LogP contribution in [0.15, 0.2) is 0 Å². The van der Waals surface area contributed by atoms with E-state index in [1.807, 2.05) is 0 Å². The van der Waals surface area contributed by atoms with Crippen molar-refractivity contribution in [2.75, 3.05) is 13.2 Å². The first-order valence-corrected chi connectivity index (χ1v) is 7.06. The molecule has 0 radical (unpaired) electrons. The van der Waals surface area contributed by atoms with Gasteiger partial charge in [0.25, 0.3) is 0 Å². The zero-order valence-corrected chi connectivity index (χ0v) is 10.9. The Morgan fingerprint density at radius 1 is 1.16 bits per heavy atom. The SMILES string of the molecule is O=C(O)C1CC2CCC1N2C(=O)NC1CCOCC1. The van der Waals surface area contributed by atoms with Crippen LogP contribution >= 0.6 is 0 Å². The highest BCUT2D eigenvalue weighted by atomic mass is 16.5. The van der Waals surface area contributed by atoms with Crippen LogP contribution in [-0.4, -0.2) is 53.3 Å². The summed E-state index contributed by atoms with van der Waals surface area (Å²) in [5, 5.41) is 12.2. The Morgan fingerprint density at radius 2 is 1.89 bits per heavy atom. The van der Waals surface area contributed by atoms with E-state index in [2.05, 4.69) is 5.32 Å². The topological polar surface area (TPSA) is 78.9 Å². The van der Waals surface area contributed by atoms with Gasteiger partial charge in [-0.15, -0.1) is 0 Å². The molecule has 0 spiro atoms. The number of amides is 2. The summed E-state index contributed by atoms with van der Waals surface area (Å²) >= 11 is 0. The average molecular weight is 268 g/mol. The summed E-state index contributed by atoms with van der Waals surface area (Å²) in [5.41, 5.74) is 0. The van der Waals surface area contributed by atoms with Crippen molar-refractivity contribution < 1.29 is 19.4 Å². The van der Waals surface area contributed by atoms with Crippen molar-refractivity contribution in [3.8, 4) is 0 Å². The molecule has 2 bridgehead atoms. The molecule has 3 aliphatic heterocycles. The second-order valence-corrected chi connectivity index (χ2v) is 5.72. The lowest BCUT2D eigenvalue weighted by Crippen LogP contribution is -2.49. The van der Waals surface area contributed by atoms with Crippen LogP contribution in [-0.2, 0) is 9.53 Å². The molecule has 3 fully saturated rings. The van der Waals surface area contributed by atoms with Crippen LogP contribution in [0.4, 0.5) is 4.79 Å². The second kappa shape index (κ2) is 5.00. The molecule has 2 amide bonds. The summed E-state index contributed by atoms with van der Waals surface area (Å²) in [5.74, 6) is -1.14. The van der Waals surface area contributed by atoms with Crippen molar-refractivity contribution in [1.82, 2.24) is 10.2 Å². The summed E-state index contributed by atoms with van der Waals surface area (Å²) in [4.78, 5) is 25.3. The molecule has 0 aromatic carbocycles. The molecule has 0 aromatic heterocycles. The highest BCUT2D eigenvalue weighted by Crippen LogP contribution is 2.41. The van der Waals surface area contributed by atoms with Gasteiger partial charge in [-0.05, 0) is 32.1 Å². The van der Waals surface area contributed by atoms with E-state index in [4.69, 9.17) is 4.74 Å². The lowest BCUT2D eigenvalue weighted by Gasteiger charge is -2.28. The Labute approximate surface area is 112 Å². The fourth-order valence-electron chi connectivity index (χ4n) is 3.66. The molecule has 3 unspecified atom stereocenters. The molecule has 0 saturated carbocycles. The summed E-state index contributed by atoms with van der Waals surface area (Å²) in [6.45, 7) is 1.38. The third kappa shape index (κ3) is 2.29. The normalized spacial score (nSPS) is 34.5. The fraction of sp³-hybridized carbons (Fsp3) is 0.846. The molecule has 3 aliphatic rings. The van der Waals surface area contributed by atoms with Gasteiger partial charge >= 0.3 is 12.0 Å². The molecular formula is C13H20N2O4. The first-order valence-electron chi connectivity index (χ1n) is 7.06. The van der Waals surface area contributed by atoms with Crippen LogP contribution in [0.3, 0.4) is 0 Å². The van der Waals surface area contributed by atoms with Crippen LogP contribution in [0.25, 0.3) is 0 Å². The largest absolute Gasteiger partial charge is 0.481 e. The maximum absolute atomic E-state index is 12.3. The van der Waals surface area contributed by atoms with E-state index < -0.39 is 5.97 Å². The molecule has 3 atom stereocenters. The molecule has 6 heteroatoms. The molecule has 2 N–H and O–H groups in total. The zero-order valence-electron chi connectivity index (χ0n) is 10.9. The van der Waals surface area contributed by atoms with E-state index in [1.54, 1.807) is 4.90 Å². The van der Waals surface area contributed by atoms with Gasteiger partial charge in [0, 0.05) is 31.3 Å². The van der Waals surface area contributed by atoms with E-state index in [0.29, 0.717) is 19.6 Å². The number of carboxylic acid groups (broad SMARTS) is 1. The number of nitrogens with zero attached hydrogens (tertiary/aromatic N) is 1. The van der Waals surface area contributed by atoms with Gasteiger partial charge in [-0.1, -0.05) is 0 Å². The number of aliphatic carboxylic acids is 1. The number of hydrogen-bond donors (Lipinski definition) is 2. The predicted octanol–water partition coefficient (Wildman–Crippen LogP) is 0.812. The van der Waals surface area contributed by atoms with E-state index in [1.165, 1.54) is 0 Å². The van der Waals surface area contributed by atoms with Gasteiger partial charge in [0.1, 0.15) is 0 Å². The maximum atomic E-state index is 12.3. The molecule has 6 nitrogen and oxygen atoms in total. The van der Waals surface area contributed by atoms with Gasteiger partial charge in [0.15, 0.2) is 0 Å². The lowest BCUT2D eigenvalue weighted by molar-refractivity contribution is -0.142. The minimum absolute atomic E-state index is 0.0804. The number of hydrogen-bond acceptors (Lipinski definition) is 3. The summed E-state index contributed by atoms with van der Waals surface area (Å²) in [7, 11) is 0.